The lowest BCUT2D eigenvalue weighted by molar-refractivity contribution is 0.273. The zero-order valence-electron chi connectivity index (χ0n) is 12.7. The number of hydrogen-bond donors (Lipinski definition) is 1. The molecule has 1 fully saturated rings. The zero-order valence-corrected chi connectivity index (χ0v) is 12.7. The summed E-state index contributed by atoms with van der Waals surface area (Å²) in [6, 6.07) is 9.16. The van der Waals surface area contributed by atoms with Gasteiger partial charge in [-0.2, -0.15) is 0 Å². The Bertz CT molecular complexity index is 426. The third-order valence-electron chi connectivity index (χ3n) is 5.70. The Morgan fingerprint density at radius 2 is 1.70 bits per heavy atom. The third kappa shape index (κ3) is 3.09. The van der Waals surface area contributed by atoms with Crippen molar-refractivity contribution in [2.45, 2.75) is 63.7 Å². The molecule has 0 aliphatic heterocycles. The summed E-state index contributed by atoms with van der Waals surface area (Å²) in [5, 5.41) is 0. The van der Waals surface area contributed by atoms with E-state index in [2.05, 4.69) is 24.3 Å². The number of hydrogen-bond acceptors (Lipinski definition) is 1. The fourth-order valence-electron chi connectivity index (χ4n) is 4.55. The van der Waals surface area contributed by atoms with E-state index in [9.17, 15) is 0 Å². The van der Waals surface area contributed by atoms with Gasteiger partial charge in [-0.15, -0.1) is 0 Å². The minimum Gasteiger partial charge on any atom is -0.330 e. The maximum Gasteiger partial charge on any atom is -0.00462 e. The van der Waals surface area contributed by atoms with Crippen LogP contribution in [0.4, 0.5) is 0 Å². The topological polar surface area (TPSA) is 26.0 Å². The standard InChI is InChI=1S/C19H29N/c20-14-18-9-3-1-2-8-16(18)13-17-11-6-10-15-7-4-5-12-19(15)17/h4-5,7,12,16-18H,1-3,6,8-11,13-14,20H2. The van der Waals surface area contributed by atoms with Gasteiger partial charge in [0.25, 0.3) is 0 Å². The molecule has 1 saturated carbocycles. The SMILES string of the molecule is NCC1CCCCCC1CC1CCCc2ccccc21. The summed E-state index contributed by atoms with van der Waals surface area (Å²) in [5.41, 5.74) is 9.33. The maximum atomic E-state index is 6.06. The molecule has 110 valence electrons. The number of fused-ring (bicyclic) bond motifs is 1. The van der Waals surface area contributed by atoms with Crippen LogP contribution in [-0.4, -0.2) is 6.54 Å². The van der Waals surface area contributed by atoms with E-state index in [1.807, 2.05) is 0 Å². The first kappa shape index (κ1) is 14.1. The summed E-state index contributed by atoms with van der Waals surface area (Å²) in [6.45, 7) is 0.902. The molecule has 1 heteroatoms. The van der Waals surface area contributed by atoms with Gasteiger partial charge in [0.05, 0.1) is 0 Å². The molecule has 1 aromatic carbocycles. The van der Waals surface area contributed by atoms with E-state index in [0.29, 0.717) is 0 Å². The molecule has 3 atom stereocenters. The summed E-state index contributed by atoms with van der Waals surface area (Å²) in [5.74, 6) is 2.46. The van der Waals surface area contributed by atoms with Gasteiger partial charge in [0.15, 0.2) is 0 Å². The predicted octanol–water partition coefficient (Wildman–Crippen LogP) is 4.65. The summed E-state index contributed by atoms with van der Waals surface area (Å²) in [4.78, 5) is 0. The summed E-state index contributed by atoms with van der Waals surface area (Å²) in [6.07, 6.45) is 12.5. The van der Waals surface area contributed by atoms with E-state index in [-0.39, 0.29) is 0 Å². The third-order valence-corrected chi connectivity index (χ3v) is 5.70. The van der Waals surface area contributed by atoms with Crippen molar-refractivity contribution in [3.63, 3.8) is 0 Å². The minimum atomic E-state index is 0.784. The molecule has 1 nitrogen and oxygen atoms in total. The molecule has 2 aliphatic rings. The van der Waals surface area contributed by atoms with Gasteiger partial charge in [0, 0.05) is 0 Å². The highest BCUT2D eigenvalue weighted by molar-refractivity contribution is 5.32. The Labute approximate surface area is 124 Å². The lowest BCUT2D eigenvalue weighted by Gasteiger charge is -2.32. The fraction of sp³-hybridized carbons (Fsp3) is 0.684. The van der Waals surface area contributed by atoms with Gasteiger partial charge in [-0.25, -0.2) is 0 Å². The smallest absolute Gasteiger partial charge is 0.00462 e. The number of nitrogens with two attached hydrogens (primary N) is 1. The molecule has 3 unspecified atom stereocenters. The van der Waals surface area contributed by atoms with E-state index in [1.165, 1.54) is 57.8 Å². The van der Waals surface area contributed by atoms with Gasteiger partial charge in [-0.05, 0) is 67.5 Å². The first-order valence-corrected chi connectivity index (χ1v) is 8.66. The van der Waals surface area contributed by atoms with E-state index >= 15 is 0 Å². The molecule has 0 bridgehead atoms. The average molecular weight is 271 g/mol. The number of benzene rings is 1. The quantitative estimate of drug-likeness (QED) is 0.796. The second-order valence-corrected chi connectivity index (χ2v) is 6.92. The van der Waals surface area contributed by atoms with Gasteiger partial charge >= 0.3 is 0 Å². The largest absolute Gasteiger partial charge is 0.330 e. The van der Waals surface area contributed by atoms with Gasteiger partial charge < -0.3 is 5.73 Å². The van der Waals surface area contributed by atoms with Crippen LogP contribution in [0.2, 0.25) is 0 Å². The lowest BCUT2D eigenvalue weighted by Crippen LogP contribution is -2.25. The Morgan fingerprint density at radius 3 is 2.55 bits per heavy atom. The normalized spacial score (nSPS) is 30.6. The van der Waals surface area contributed by atoms with Crippen LogP contribution in [0.15, 0.2) is 24.3 Å². The van der Waals surface area contributed by atoms with Crippen molar-refractivity contribution in [3.05, 3.63) is 35.4 Å². The van der Waals surface area contributed by atoms with Crippen LogP contribution in [0.1, 0.15) is 68.4 Å². The molecule has 0 radical (unpaired) electrons. The highest BCUT2D eigenvalue weighted by atomic mass is 14.6. The predicted molar refractivity (Wildman–Crippen MR) is 85.9 cm³/mol. The molecule has 0 heterocycles. The van der Waals surface area contributed by atoms with Gasteiger partial charge in [-0.1, -0.05) is 49.9 Å². The number of aryl methyl sites for hydroxylation is 1. The van der Waals surface area contributed by atoms with Crippen LogP contribution in [0, 0.1) is 11.8 Å². The molecule has 0 spiro atoms. The van der Waals surface area contributed by atoms with Gasteiger partial charge in [0.2, 0.25) is 0 Å². The van der Waals surface area contributed by atoms with Crippen LogP contribution in [-0.2, 0) is 6.42 Å². The first-order chi connectivity index (χ1) is 9.88. The Kier molecular flexibility index (Phi) is 4.77. The van der Waals surface area contributed by atoms with E-state index in [4.69, 9.17) is 5.73 Å². The van der Waals surface area contributed by atoms with Gasteiger partial charge in [-0.3, -0.25) is 0 Å². The summed E-state index contributed by atoms with van der Waals surface area (Å²) >= 11 is 0. The highest BCUT2D eigenvalue weighted by Crippen LogP contribution is 2.40. The van der Waals surface area contributed by atoms with Crippen molar-refractivity contribution in [1.82, 2.24) is 0 Å². The monoisotopic (exact) mass is 271 g/mol. The van der Waals surface area contributed by atoms with Crippen molar-refractivity contribution in [2.75, 3.05) is 6.54 Å². The van der Waals surface area contributed by atoms with Crippen LogP contribution >= 0.6 is 0 Å². The van der Waals surface area contributed by atoms with Crippen molar-refractivity contribution < 1.29 is 0 Å². The van der Waals surface area contributed by atoms with Crippen molar-refractivity contribution in [2.24, 2.45) is 17.6 Å². The fourth-order valence-corrected chi connectivity index (χ4v) is 4.55. The second kappa shape index (κ2) is 6.76. The minimum absolute atomic E-state index is 0.784. The average Bonchev–Trinajstić information content (AvgIpc) is 2.72. The molecule has 0 amide bonds. The molecule has 20 heavy (non-hydrogen) atoms. The highest BCUT2D eigenvalue weighted by Gasteiger charge is 2.28. The van der Waals surface area contributed by atoms with Crippen molar-refractivity contribution in [3.8, 4) is 0 Å². The van der Waals surface area contributed by atoms with E-state index in [1.54, 1.807) is 11.1 Å². The maximum absolute atomic E-state index is 6.06. The Hall–Kier alpha value is -0.820. The molecule has 2 N–H and O–H groups in total. The van der Waals surface area contributed by atoms with E-state index in [0.717, 1.165) is 24.3 Å². The number of rotatable bonds is 3. The molecule has 2 aliphatic carbocycles. The molecular weight excluding hydrogens is 242 g/mol. The molecule has 3 rings (SSSR count). The molecule has 1 aromatic rings. The van der Waals surface area contributed by atoms with E-state index < -0.39 is 0 Å². The van der Waals surface area contributed by atoms with Crippen molar-refractivity contribution in [1.29, 1.82) is 0 Å². The van der Waals surface area contributed by atoms with Crippen LogP contribution < -0.4 is 5.73 Å². The first-order valence-electron chi connectivity index (χ1n) is 8.66. The molecule has 0 saturated heterocycles. The Balaban J connectivity index is 1.73. The Morgan fingerprint density at radius 1 is 0.900 bits per heavy atom. The lowest BCUT2D eigenvalue weighted by atomic mass is 9.74. The summed E-state index contributed by atoms with van der Waals surface area (Å²) < 4.78 is 0. The van der Waals surface area contributed by atoms with Crippen LogP contribution in [0.5, 0.6) is 0 Å². The second-order valence-electron chi connectivity index (χ2n) is 6.92. The molecular formula is C19H29N. The van der Waals surface area contributed by atoms with Crippen molar-refractivity contribution >= 4 is 0 Å². The van der Waals surface area contributed by atoms with Gasteiger partial charge in [0.1, 0.15) is 0 Å². The molecule has 0 aromatic heterocycles. The van der Waals surface area contributed by atoms with Crippen LogP contribution in [0.25, 0.3) is 0 Å². The zero-order chi connectivity index (χ0) is 13.8. The summed E-state index contributed by atoms with van der Waals surface area (Å²) in [7, 11) is 0. The van der Waals surface area contributed by atoms with Crippen LogP contribution in [0.3, 0.4) is 0 Å².